The topological polar surface area (TPSA) is 104 Å². The van der Waals surface area contributed by atoms with Crippen molar-refractivity contribution in [2.45, 2.75) is 25.7 Å². The van der Waals surface area contributed by atoms with Gasteiger partial charge in [0.15, 0.2) is 0 Å². The van der Waals surface area contributed by atoms with Crippen LogP contribution in [0.2, 0.25) is 0 Å². The fraction of sp³-hybridized carbons (Fsp3) is 0.700. The summed E-state index contributed by atoms with van der Waals surface area (Å²) in [6, 6.07) is 1.62. The third kappa shape index (κ3) is 3.30. The molecule has 4 rings (SSSR count). The molecule has 1 aliphatic carbocycles. The van der Waals surface area contributed by atoms with Crippen molar-refractivity contribution >= 4 is 21.8 Å². The molecule has 2 amide bonds. The molecule has 0 aromatic carbocycles. The van der Waals surface area contributed by atoms with Gasteiger partial charge in [-0.3, -0.25) is 9.59 Å². The van der Waals surface area contributed by atoms with Gasteiger partial charge in [-0.05, 0) is 43.1 Å². The Morgan fingerprint density at radius 2 is 1.87 bits per heavy atom. The van der Waals surface area contributed by atoms with Gasteiger partial charge in [0.25, 0.3) is 5.91 Å². The maximum absolute atomic E-state index is 13.2. The van der Waals surface area contributed by atoms with Gasteiger partial charge < -0.3 is 9.80 Å². The highest BCUT2D eigenvalue weighted by Gasteiger charge is 2.65. The zero-order chi connectivity index (χ0) is 21.7. The monoisotopic (exact) mass is 435 g/mol. The van der Waals surface area contributed by atoms with Crippen molar-refractivity contribution in [3.8, 4) is 0 Å². The van der Waals surface area contributed by atoms with Crippen molar-refractivity contribution < 1.29 is 18.0 Å². The summed E-state index contributed by atoms with van der Waals surface area (Å²) >= 11 is 0. The smallest absolute Gasteiger partial charge is 0.272 e. The summed E-state index contributed by atoms with van der Waals surface area (Å²) in [5.41, 5.74) is -0.396. The predicted molar refractivity (Wildman–Crippen MR) is 110 cm³/mol. The molecular weight excluding hydrogens is 406 g/mol. The van der Waals surface area contributed by atoms with E-state index >= 15 is 0 Å². The Kier molecular flexibility index (Phi) is 5.13. The van der Waals surface area contributed by atoms with Gasteiger partial charge in [-0.1, -0.05) is 0 Å². The van der Waals surface area contributed by atoms with Crippen LogP contribution in [0.15, 0.2) is 18.6 Å². The molecule has 0 bridgehead atoms. The number of nitrogens with zero attached hydrogens (tertiary/aromatic N) is 5. The number of fused-ring (bicyclic) bond motifs is 2. The van der Waals surface area contributed by atoms with Crippen LogP contribution in [0.5, 0.6) is 0 Å². The first-order valence-corrected chi connectivity index (χ1v) is 12.2. The summed E-state index contributed by atoms with van der Waals surface area (Å²) in [4.78, 5) is 37.3. The number of aromatic nitrogens is 2. The molecule has 0 N–H and O–H groups in total. The Morgan fingerprint density at radius 3 is 2.43 bits per heavy atom. The predicted octanol–water partition coefficient (Wildman–Crippen LogP) is 0.459. The SMILES string of the molecule is CN(C)C(=O)[C@]12CCC3(CCN(C(=O)c4ccncn4)CC3)[C@H]1CN(S(C)(=O)=O)C2. The van der Waals surface area contributed by atoms with Crippen LogP contribution in [0.3, 0.4) is 0 Å². The third-order valence-electron chi connectivity index (χ3n) is 7.47. The molecule has 30 heavy (non-hydrogen) atoms. The normalized spacial score (nSPS) is 28.5. The second-order valence-corrected chi connectivity index (χ2v) is 11.2. The second kappa shape index (κ2) is 7.26. The Hall–Kier alpha value is -2.07. The standard InChI is InChI=1S/C20H29N5O4S/c1-23(2)18(27)20-6-5-19(16(20)12-25(13-20)30(3,28)29)7-10-24(11-8-19)17(26)15-4-9-21-14-22-15/h4,9,14,16H,5-8,10-13H2,1-3H3/t16-,20+/m1/s1. The number of likely N-dealkylation sites (tertiary alicyclic amines) is 1. The van der Waals surface area contributed by atoms with Crippen LogP contribution in [0, 0.1) is 16.7 Å². The van der Waals surface area contributed by atoms with Gasteiger partial charge in [0.05, 0.1) is 11.7 Å². The fourth-order valence-corrected chi connectivity index (χ4v) is 6.79. The molecular formula is C20H29N5O4S. The number of carbonyl (C=O) groups is 2. The molecule has 3 fully saturated rings. The van der Waals surface area contributed by atoms with Crippen molar-refractivity contribution in [3.63, 3.8) is 0 Å². The van der Waals surface area contributed by atoms with Crippen LogP contribution in [0.1, 0.15) is 36.2 Å². The van der Waals surface area contributed by atoms with Crippen molar-refractivity contribution in [2.24, 2.45) is 16.7 Å². The van der Waals surface area contributed by atoms with Gasteiger partial charge in [0.2, 0.25) is 15.9 Å². The molecule has 1 saturated carbocycles. The van der Waals surface area contributed by atoms with Gasteiger partial charge in [-0.15, -0.1) is 0 Å². The largest absolute Gasteiger partial charge is 0.348 e. The summed E-state index contributed by atoms with van der Waals surface area (Å²) in [6.45, 7) is 1.83. The van der Waals surface area contributed by atoms with E-state index < -0.39 is 15.4 Å². The minimum atomic E-state index is -3.37. The molecule has 3 heterocycles. The van der Waals surface area contributed by atoms with Gasteiger partial charge >= 0.3 is 0 Å². The second-order valence-electron chi connectivity index (χ2n) is 9.21. The van der Waals surface area contributed by atoms with Crippen molar-refractivity contribution in [1.82, 2.24) is 24.1 Å². The molecule has 1 aromatic heterocycles. The van der Waals surface area contributed by atoms with Crippen LogP contribution in [-0.4, -0.2) is 90.8 Å². The van der Waals surface area contributed by atoms with Gasteiger partial charge in [0, 0.05) is 46.5 Å². The van der Waals surface area contributed by atoms with Gasteiger partial charge in [-0.2, -0.15) is 0 Å². The highest BCUT2D eigenvalue weighted by Crippen LogP contribution is 2.62. The molecule has 1 aromatic rings. The summed E-state index contributed by atoms with van der Waals surface area (Å²) in [5.74, 6) is -0.106. The maximum Gasteiger partial charge on any atom is 0.272 e. The Balaban J connectivity index is 1.57. The number of hydrogen-bond acceptors (Lipinski definition) is 6. The number of sulfonamides is 1. The minimum Gasteiger partial charge on any atom is -0.348 e. The summed E-state index contributed by atoms with van der Waals surface area (Å²) in [7, 11) is 0.109. The molecule has 3 aliphatic rings. The van der Waals surface area contributed by atoms with E-state index in [1.807, 2.05) is 4.90 Å². The van der Waals surface area contributed by atoms with Gasteiger partial charge in [-0.25, -0.2) is 22.7 Å². The summed E-state index contributed by atoms with van der Waals surface area (Å²) in [6.07, 6.45) is 7.28. The van der Waals surface area contributed by atoms with Crippen LogP contribution in [0.25, 0.3) is 0 Å². The lowest BCUT2D eigenvalue weighted by molar-refractivity contribution is -0.141. The fourth-order valence-electron chi connectivity index (χ4n) is 5.90. The van der Waals surface area contributed by atoms with Crippen LogP contribution < -0.4 is 0 Å². The van der Waals surface area contributed by atoms with Gasteiger partial charge in [0.1, 0.15) is 12.0 Å². The first-order chi connectivity index (χ1) is 14.1. The van der Waals surface area contributed by atoms with E-state index in [9.17, 15) is 18.0 Å². The van der Waals surface area contributed by atoms with Crippen LogP contribution in [0.4, 0.5) is 0 Å². The number of rotatable bonds is 3. The quantitative estimate of drug-likeness (QED) is 0.683. The van der Waals surface area contributed by atoms with E-state index in [0.717, 1.165) is 19.3 Å². The molecule has 164 valence electrons. The first kappa shape index (κ1) is 21.2. The molecule has 1 spiro atoms. The Labute approximate surface area is 177 Å². The number of piperidine rings is 1. The number of carbonyl (C=O) groups excluding carboxylic acids is 2. The molecule has 2 saturated heterocycles. The third-order valence-corrected chi connectivity index (χ3v) is 8.68. The zero-order valence-corrected chi connectivity index (χ0v) is 18.6. The molecule has 0 radical (unpaired) electrons. The molecule has 9 nitrogen and oxygen atoms in total. The maximum atomic E-state index is 13.2. The lowest BCUT2D eigenvalue weighted by Crippen LogP contribution is -2.49. The van der Waals surface area contributed by atoms with Crippen LogP contribution in [-0.2, 0) is 14.8 Å². The molecule has 2 atom stereocenters. The molecule has 2 aliphatic heterocycles. The average Bonchev–Trinajstić information content (AvgIpc) is 3.26. The summed E-state index contributed by atoms with van der Waals surface area (Å²) in [5, 5.41) is 0. The van der Waals surface area contributed by atoms with Crippen molar-refractivity contribution in [2.75, 3.05) is 46.5 Å². The zero-order valence-electron chi connectivity index (χ0n) is 17.7. The highest BCUT2D eigenvalue weighted by atomic mass is 32.2. The summed E-state index contributed by atoms with van der Waals surface area (Å²) < 4.78 is 26.1. The van der Waals surface area contributed by atoms with E-state index in [4.69, 9.17) is 0 Å². The highest BCUT2D eigenvalue weighted by molar-refractivity contribution is 7.88. The van der Waals surface area contributed by atoms with E-state index in [1.165, 1.54) is 16.9 Å². The first-order valence-electron chi connectivity index (χ1n) is 10.3. The van der Waals surface area contributed by atoms with Crippen molar-refractivity contribution in [1.29, 1.82) is 0 Å². The number of amides is 2. The molecule has 0 unspecified atom stereocenters. The lowest BCUT2D eigenvalue weighted by Gasteiger charge is -2.44. The average molecular weight is 436 g/mol. The van der Waals surface area contributed by atoms with Crippen LogP contribution >= 0.6 is 0 Å². The Bertz CT molecular complexity index is 943. The van der Waals surface area contributed by atoms with Crippen molar-refractivity contribution in [3.05, 3.63) is 24.3 Å². The molecule has 10 heteroatoms. The lowest BCUT2D eigenvalue weighted by atomic mass is 9.65. The minimum absolute atomic E-state index is 0.0223. The number of hydrogen-bond donors (Lipinski definition) is 0. The Morgan fingerprint density at radius 1 is 1.17 bits per heavy atom. The van der Waals surface area contributed by atoms with E-state index in [0.29, 0.717) is 31.7 Å². The van der Waals surface area contributed by atoms with E-state index in [2.05, 4.69) is 9.97 Å². The van der Waals surface area contributed by atoms with E-state index in [1.54, 1.807) is 31.3 Å². The van der Waals surface area contributed by atoms with E-state index in [-0.39, 0.29) is 29.7 Å².